The van der Waals surface area contributed by atoms with Gasteiger partial charge in [0.05, 0.1) is 23.2 Å². The Morgan fingerprint density at radius 3 is 2.89 bits per heavy atom. The Balaban J connectivity index is 2.21. The summed E-state index contributed by atoms with van der Waals surface area (Å²) in [7, 11) is 0. The van der Waals surface area contributed by atoms with Crippen LogP contribution in [0.2, 0.25) is 0 Å². The summed E-state index contributed by atoms with van der Waals surface area (Å²) in [6.45, 7) is 2.36. The predicted octanol–water partition coefficient (Wildman–Crippen LogP) is 2.22. The number of hydrogen-bond donors (Lipinski definition) is 2. The monoisotopic (exact) mass is 262 g/mol. The molecule has 1 aromatic heterocycles. The van der Waals surface area contributed by atoms with E-state index in [0.29, 0.717) is 17.6 Å². The van der Waals surface area contributed by atoms with E-state index in [4.69, 9.17) is 9.84 Å². The zero-order valence-corrected chi connectivity index (χ0v) is 10.5. The minimum absolute atomic E-state index is 0.0913. The first kappa shape index (κ1) is 13.1. The van der Waals surface area contributed by atoms with Gasteiger partial charge in [-0.15, -0.1) is 0 Å². The van der Waals surface area contributed by atoms with Crippen LogP contribution < -0.4 is 0 Å². The number of carbonyl (C=O) groups excluding carboxylic acids is 1. The van der Waals surface area contributed by atoms with E-state index in [0.717, 1.165) is 12.8 Å². The van der Waals surface area contributed by atoms with Gasteiger partial charge in [0.15, 0.2) is 0 Å². The number of carbonyl (C=O) groups is 2. The molecule has 0 aliphatic rings. The first-order valence-electron chi connectivity index (χ1n) is 6.02. The molecule has 2 rings (SSSR count). The van der Waals surface area contributed by atoms with E-state index >= 15 is 0 Å². The lowest BCUT2D eigenvalue weighted by Gasteiger charge is -1.99. The number of hydrogen-bond acceptors (Lipinski definition) is 4. The van der Waals surface area contributed by atoms with Crippen molar-refractivity contribution in [2.45, 2.75) is 19.8 Å². The van der Waals surface area contributed by atoms with Gasteiger partial charge in [0, 0.05) is 0 Å². The minimum atomic E-state index is -1.02. The van der Waals surface area contributed by atoms with Gasteiger partial charge in [0.1, 0.15) is 0 Å². The fourth-order valence-electron chi connectivity index (χ4n) is 1.62. The quantitative estimate of drug-likeness (QED) is 0.636. The minimum Gasteiger partial charge on any atom is -0.478 e. The molecule has 0 unspecified atom stereocenters. The number of carboxylic acid groups (broad SMARTS) is 1. The fourth-order valence-corrected chi connectivity index (χ4v) is 1.62. The number of aromatic amines is 1. The Labute approximate surface area is 109 Å². The number of aromatic carboxylic acids is 1. The number of aromatic nitrogens is 2. The molecule has 19 heavy (non-hydrogen) atoms. The van der Waals surface area contributed by atoms with Crippen molar-refractivity contribution < 1.29 is 19.4 Å². The smallest absolute Gasteiger partial charge is 0.374 e. The standard InChI is InChI=1S/C13H14N2O4/c1-2-3-6-19-13(18)11-14-9-5-4-8(12(16)17)7-10(9)15-11/h4-5,7H,2-3,6H2,1H3,(H,14,15)(H,16,17). The van der Waals surface area contributed by atoms with Gasteiger partial charge >= 0.3 is 11.9 Å². The van der Waals surface area contributed by atoms with E-state index in [-0.39, 0.29) is 11.4 Å². The van der Waals surface area contributed by atoms with Crippen molar-refractivity contribution in [1.29, 1.82) is 0 Å². The molecule has 6 heteroatoms. The Morgan fingerprint density at radius 2 is 2.21 bits per heavy atom. The van der Waals surface area contributed by atoms with Crippen LogP contribution in [0.15, 0.2) is 18.2 Å². The number of ether oxygens (including phenoxy) is 1. The molecule has 0 aliphatic heterocycles. The zero-order chi connectivity index (χ0) is 13.8. The molecule has 1 aromatic carbocycles. The summed E-state index contributed by atoms with van der Waals surface area (Å²) in [6.07, 6.45) is 1.74. The highest BCUT2D eigenvalue weighted by atomic mass is 16.5. The summed E-state index contributed by atoms with van der Waals surface area (Å²) < 4.78 is 5.03. The second-order valence-corrected chi connectivity index (χ2v) is 4.11. The van der Waals surface area contributed by atoms with E-state index in [1.165, 1.54) is 12.1 Å². The van der Waals surface area contributed by atoms with Crippen LogP contribution in [0, 0.1) is 0 Å². The van der Waals surface area contributed by atoms with Gasteiger partial charge in [-0.25, -0.2) is 14.6 Å². The van der Waals surface area contributed by atoms with Crippen LogP contribution >= 0.6 is 0 Å². The number of imidazole rings is 1. The Morgan fingerprint density at radius 1 is 1.42 bits per heavy atom. The second kappa shape index (κ2) is 5.51. The molecule has 1 heterocycles. The number of fused-ring (bicyclic) bond motifs is 1. The molecule has 6 nitrogen and oxygen atoms in total. The number of esters is 1. The fraction of sp³-hybridized carbons (Fsp3) is 0.308. The maximum absolute atomic E-state index is 11.7. The lowest BCUT2D eigenvalue weighted by Crippen LogP contribution is -2.08. The molecule has 0 spiro atoms. The summed E-state index contributed by atoms with van der Waals surface area (Å²) in [6, 6.07) is 4.43. The number of benzene rings is 1. The van der Waals surface area contributed by atoms with Crippen LogP contribution in [-0.4, -0.2) is 33.6 Å². The average molecular weight is 262 g/mol. The molecule has 0 saturated heterocycles. The molecule has 0 atom stereocenters. The molecule has 2 N–H and O–H groups in total. The van der Waals surface area contributed by atoms with Crippen LogP contribution in [0.5, 0.6) is 0 Å². The number of rotatable bonds is 5. The highest BCUT2D eigenvalue weighted by Crippen LogP contribution is 2.14. The number of H-pyrrole nitrogens is 1. The van der Waals surface area contributed by atoms with Crippen molar-refractivity contribution in [2.24, 2.45) is 0 Å². The Bertz CT molecular complexity index is 618. The van der Waals surface area contributed by atoms with Crippen LogP contribution in [-0.2, 0) is 4.74 Å². The SMILES string of the molecule is CCCCOC(=O)c1nc2ccc(C(=O)O)cc2[nH]1. The van der Waals surface area contributed by atoms with E-state index in [1.807, 2.05) is 6.92 Å². The van der Waals surface area contributed by atoms with E-state index in [9.17, 15) is 9.59 Å². The van der Waals surface area contributed by atoms with Crippen LogP contribution in [0.1, 0.15) is 40.7 Å². The molecule has 0 aliphatic carbocycles. The first-order valence-corrected chi connectivity index (χ1v) is 6.02. The van der Waals surface area contributed by atoms with Gasteiger partial charge in [0.25, 0.3) is 0 Å². The summed E-state index contributed by atoms with van der Waals surface area (Å²) >= 11 is 0. The average Bonchev–Trinajstić information content (AvgIpc) is 2.81. The largest absolute Gasteiger partial charge is 0.478 e. The molecule has 100 valence electrons. The van der Waals surface area contributed by atoms with Gasteiger partial charge in [-0.3, -0.25) is 0 Å². The summed E-state index contributed by atoms with van der Waals surface area (Å²) in [5.74, 6) is -1.46. The predicted molar refractivity (Wildman–Crippen MR) is 68.2 cm³/mol. The van der Waals surface area contributed by atoms with E-state index in [1.54, 1.807) is 6.07 Å². The number of unbranched alkanes of at least 4 members (excludes halogenated alkanes) is 1. The lowest BCUT2D eigenvalue weighted by molar-refractivity contribution is 0.0486. The van der Waals surface area contributed by atoms with Gasteiger partial charge in [0.2, 0.25) is 5.82 Å². The van der Waals surface area contributed by atoms with Gasteiger partial charge in [-0.1, -0.05) is 13.3 Å². The van der Waals surface area contributed by atoms with Crippen LogP contribution in [0.4, 0.5) is 0 Å². The number of nitrogens with one attached hydrogen (secondary N) is 1. The Hall–Kier alpha value is -2.37. The summed E-state index contributed by atoms with van der Waals surface area (Å²) in [5, 5.41) is 8.88. The van der Waals surface area contributed by atoms with Gasteiger partial charge in [-0.2, -0.15) is 0 Å². The van der Waals surface area contributed by atoms with Crippen LogP contribution in [0.25, 0.3) is 11.0 Å². The highest BCUT2D eigenvalue weighted by Gasteiger charge is 2.14. The van der Waals surface area contributed by atoms with Crippen molar-refractivity contribution in [3.05, 3.63) is 29.6 Å². The first-order chi connectivity index (χ1) is 9.11. The molecule has 0 amide bonds. The zero-order valence-electron chi connectivity index (χ0n) is 10.5. The van der Waals surface area contributed by atoms with Crippen LogP contribution in [0.3, 0.4) is 0 Å². The van der Waals surface area contributed by atoms with Crippen molar-refractivity contribution in [2.75, 3.05) is 6.61 Å². The maximum Gasteiger partial charge on any atom is 0.374 e. The van der Waals surface area contributed by atoms with Crippen molar-refractivity contribution in [3.63, 3.8) is 0 Å². The maximum atomic E-state index is 11.7. The Kier molecular flexibility index (Phi) is 3.79. The van der Waals surface area contributed by atoms with Crippen molar-refractivity contribution >= 4 is 23.0 Å². The molecule has 0 radical (unpaired) electrons. The summed E-state index contributed by atoms with van der Waals surface area (Å²) in [4.78, 5) is 29.3. The van der Waals surface area contributed by atoms with Crippen molar-refractivity contribution in [3.8, 4) is 0 Å². The number of carboxylic acids is 1. The lowest BCUT2D eigenvalue weighted by atomic mass is 10.2. The molecule has 0 bridgehead atoms. The van der Waals surface area contributed by atoms with E-state index in [2.05, 4.69) is 9.97 Å². The third-order valence-electron chi connectivity index (χ3n) is 2.65. The van der Waals surface area contributed by atoms with Gasteiger partial charge in [-0.05, 0) is 24.6 Å². The van der Waals surface area contributed by atoms with Crippen molar-refractivity contribution in [1.82, 2.24) is 9.97 Å². The third-order valence-corrected chi connectivity index (χ3v) is 2.65. The molecule has 0 fully saturated rings. The second-order valence-electron chi connectivity index (χ2n) is 4.11. The van der Waals surface area contributed by atoms with Gasteiger partial charge < -0.3 is 14.8 Å². The number of nitrogens with zero attached hydrogens (tertiary/aromatic N) is 1. The molecule has 0 saturated carbocycles. The molecular formula is C13H14N2O4. The summed E-state index contributed by atoms with van der Waals surface area (Å²) in [5.41, 5.74) is 1.18. The molecule has 2 aromatic rings. The van der Waals surface area contributed by atoms with E-state index < -0.39 is 11.9 Å². The highest BCUT2D eigenvalue weighted by molar-refractivity contribution is 5.94. The third kappa shape index (κ3) is 2.90. The molecular weight excluding hydrogens is 248 g/mol. The normalized spacial score (nSPS) is 10.6. The topological polar surface area (TPSA) is 92.3 Å².